The van der Waals surface area contributed by atoms with Crippen LogP contribution >= 0.6 is 7.82 Å². The van der Waals surface area contributed by atoms with Crippen molar-refractivity contribution in [3.63, 3.8) is 0 Å². The molecule has 3 unspecified atom stereocenters. The second-order valence-corrected chi connectivity index (χ2v) is 23.4. The van der Waals surface area contributed by atoms with E-state index in [0.29, 0.717) is 17.4 Å². The molecule has 0 aromatic heterocycles. The minimum absolute atomic E-state index is 0.0106. The maximum absolute atomic E-state index is 13.0. The number of aliphatic hydroxyl groups is 1. The van der Waals surface area contributed by atoms with Crippen LogP contribution in [0.1, 0.15) is 277 Å². The van der Waals surface area contributed by atoms with Crippen molar-refractivity contribution in [3.05, 3.63) is 72.9 Å². The van der Waals surface area contributed by atoms with E-state index < -0.39 is 26.6 Å². The first-order chi connectivity index (χ1) is 35.5. The van der Waals surface area contributed by atoms with Gasteiger partial charge in [-0.1, -0.05) is 260 Å². The van der Waals surface area contributed by atoms with Gasteiger partial charge >= 0.3 is 0 Å². The topological polar surface area (TPSA) is 108 Å². The van der Waals surface area contributed by atoms with Crippen molar-refractivity contribution < 1.29 is 32.9 Å². The van der Waals surface area contributed by atoms with Crippen LogP contribution in [0.25, 0.3) is 0 Å². The molecule has 0 spiro atoms. The summed E-state index contributed by atoms with van der Waals surface area (Å²) in [6.07, 6.45) is 75.6. The molecular weight excluding hydrogens is 924 g/mol. The SMILES string of the molecule is CCCCCCC/C=C\C/C=C\C/C=C\CCCCCCCCCCCCCCCCCCC(=O)NC(COP(=O)([O-])OCC[N+](C)(C)C)C(O)/C=C/CC/C=C/CC/C=C/CCCCCCCCCCCC. The number of phosphoric acid groups is 1. The van der Waals surface area contributed by atoms with E-state index in [1.54, 1.807) is 6.08 Å². The van der Waals surface area contributed by atoms with Crippen LogP contribution in [0.4, 0.5) is 0 Å². The van der Waals surface area contributed by atoms with Crippen molar-refractivity contribution >= 4 is 13.7 Å². The molecule has 0 aliphatic carbocycles. The molecule has 0 heterocycles. The van der Waals surface area contributed by atoms with Crippen LogP contribution in [-0.2, 0) is 18.4 Å². The van der Waals surface area contributed by atoms with Crippen LogP contribution in [0.15, 0.2) is 72.9 Å². The Kier molecular flexibility index (Phi) is 53.2. The van der Waals surface area contributed by atoms with E-state index in [0.717, 1.165) is 57.8 Å². The second kappa shape index (κ2) is 54.7. The van der Waals surface area contributed by atoms with E-state index in [9.17, 15) is 19.4 Å². The van der Waals surface area contributed by atoms with Gasteiger partial charge in [0.15, 0.2) is 0 Å². The standard InChI is InChI=1S/C64H119N2O6P/c1-6-8-10-12-14-16-18-20-22-24-26-28-29-30-31-32-33-34-35-36-37-38-40-42-44-46-48-50-52-54-56-58-64(68)65-62(61-72-73(69,70)71-60-59-66(3,4)5)63(67)57-55-53-51-49-47-45-43-41-39-27-25-23-21-19-17-15-13-11-9-7-2/h18,20,24,26,29-30,39,41,47,49,55,57,62-63,67H,6-17,19,21-23,25,27-28,31-38,40,42-46,48,50-54,56,58-61H2,1-5H3,(H-,65,68,69,70)/b20-18-,26-24-,30-29-,41-39+,49-47+,57-55+. The lowest BCUT2D eigenvalue weighted by Crippen LogP contribution is -2.45. The Morgan fingerprint density at radius 3 is 1.21 bits per heavy atom. The number of quaternary nitrogens is 1. The summed E-state index contributed by atoms with van der Waals surface area (Å²) in [6, 6.07) is -0.913. The minimum atomic E-state index is -4.61. The molecule has 2 N–H and O–H groups in total. The Bertz CT molecular complexity index is 1420. The zero-order valence-electron chi connectivity index (χ0n) is 48.6. The van der Waals surface area contributed by atoms with Gasteiger partial charge < -0.3 is 28.8 Å². The fraction of sp³-hybridized carbons (Fsp3) is 0.797. The molecule has 3 atom stereocenters. The van der Waals surface area contributed by atoms with Crippen LogP contribution in [0.5, 0.6) is 0 Å². The van der Waals surface area contributed by atoms with Gasteiger partial charge in [-0.3, -0.25) is 9.36 Å². The Hall–Kier alpha value is -2.06. The number of allylic oxidation sites excluding steroid dienone is 11. The van der Waals surface area contributed by atoms with Gasteiger partial charge in [0.1, 0.15) is 13.2 Å². The summed E-state index contributed by atoms with van der Waals surface area (Å²) >= 11 is 0. The molecule has 0 aliphatic rings. The highest BCUT2D eigenvalue weighted by molar-refractivity contribution is 7.45. The van der Waals surface area contributed by atoms with Crippen LogP contribution in [-0.4, -0.2) is 68.5 Å². The third kappa shape index (κ3) is 57.5. The average molecular weight is 1040 g/mol. The molecular formula is C64H119N2O6P. The van der Waals surface area contributed by atoms with E-state index in [-0.39, 0.29) is 12.5 Å². The molecule has 9 heteroatoms. The molecule has 0 radical (unpaired) electrons. The van der Waals surface area contributed by atoms with Gasteiger partial charge in [0.25, 0.3) is 7.82 Å². The van der Waals surface area contributed by atoms with Gasteiger partial charge in [0.05, 0.1) is 39.9 Å². The second-order valence-electron chi connectivity index (χ2n) is 22.0. The van der Waals surface area contributed by atoms with Crippen molar-refractivity contribution in [1.82, 2.24) is 5.32 Å². The molecule has 0 aliphatic heterocycles. The zero-order valence-corrected chi connectivity index (χ0v) is 49.5. The Morgan fingerprint density at radius 1 is 0.479 bits per heavy atom. The number of amides is 1. The maximum atomic E-state index is 13.0. The minimum Gasteiger partial charge on any atom is -0.756 e. The van der Waals surface area contributed by atoms with E-state index in [2.05, 4.69) is 79.9 Å². The van der Waals surface area contributed by atoms with E-state index in [1.165, 1.54) is 199 Å². The van der Waals surface area contributed by atoms with Crippen molar-refractivity contribution in [1.29, 1.82) is 0 Å². The molecule has 0 rings (SSSR count). The van der Waals surface area contributed by atoms with Crippen molar-refractivity contribution in [2.45, 2.75) is 289 Å². The highest BCUT2D eigenvalue weighted by Crippen LogP contribution is 2.38. The fourth-order valence-corrected chi connectivity index (χ4v) is 9.50. The summed E-state index contributed by atoms with van der Waals surface area (Å²) in [5.41, 5.74) is 0. The largest absolute Gasteiger partial charge is 0.756 e. The molecule has 0 saturated heterocycles. The number of phosphoric ester groups is 1. The van der Waals surface area contributed by atoms with Crippen LogP contribution < -0.4 is 10.2 Å². The first kappa shape index (κ1) is 70.9. The first-order valence-electron chi connectivity index (χ1n) is 30.8. The molecule has 1 amide bonds. The monoisotopic (exact) mass is 1040 g/mol. The number of nitrogens with one attached hydrogen (secondary N) is 1. The number of nitrogens with zero attached hydrogens (tertiary/aromatic N) is 1. The quantitative estimate of drug-likeness (QED) is 0.0272. The summed E-state index contributed by atoms with van der Waals surface area (Å²) in [7, 11) is 1.24. The van der Waals surface area contributed by atoms with Crippen molar-refractivity contribution in [2.24, 2.45) is 0 Å². The van der Waals surface area contributed by atoms with Gasteiger partial charge in [0.2, 0.25) is 5.91 Å². The third-order valence-corrected chi connectivity index (χ3v) is 14.6. The van der Waals surface area contributed by atoms with Crippen LogP contribution in [0.3, 0.4) is 0 Å². The number of unbranched alkanes of at least 4 members (excludes halogenated alkanes) is 33. The molecule has 73 heavy (non-hydrogen) atoms. The molecule has 0 aromatic rings. The highest BCUT2D eigenvalue weighted by Gasteiger charge is 2.23. The molecule has 8 nitrogen and oxygen atoms in total. The first-order valence-corrected chi connectivity index (χ1v) is 32.3. The number of hydrogen-bond donors (Lipinski definition) is 2. The summed E-state index contributed by atoms with van der Waals surface area (Å²) in [4.78, 5) is 25.5. The predicted octanol–water partition coefficient (Wildman–Crippen LogP) is 18.4. The smallest absolute Gasteiger partial charge is 0.268 e. The fourth-order valence-electron chi connectivity index (χ4n) is 8.78. The molecule has 0 bridgehead atoms. The summed E-state index contributed by atoms with van der Waals surface area (Å²) < 4.78 is 23.4. The van der Waals surface area contributed by atoms with E-state index in [1.807, 2.05) is 27.2 Å². The normalized spacial score (nSPS) is 14.3. The van der Waals surface area contributed by atoms with Gasteiger partial charge in [-0.25, -0.2) is 0 Å². The van der Waals surface area contributed by atoms with Gasteiger partial charge in [-0.05, 0) is 83.5 Å². The highest BCUT2D eigenvalue weighted by atomic mass is 31.2. The number of aliphatic hydroxyl groups excluding tert-OH is 1. The van der Waals surface area contributed by atoms with Gasteiger partial charge in [-0.15, -0.1) is 0 Å². The Balaban J connectivity index is 4.17. The van der Waals surface area contributed by atoms with E-state index >= 15 is 0 Å². The summed E-state index contributed by atoms with van der Waals surface area (Å²) in [5, 5.41) is 13.9. The summed E-state index contributed by atoms with van der Waals surface area (Å²) in [5.74, 6) is -0.211. The maximum Gasteiger partial charge on any atom is 0.268 e. The number of carbonyl (C=O) groups is 1. The van der Waals surface area contributed by atoms with E-state index in [4.69, 9.17) is 9.05 Å². The number of carbonyl (C=O) groups excluding carboxylic acids is 1. The molecule has 426 valence electrons. The Morgan fingerprint density at radius 2 is 0.808 bits per heavy atom. The molecule has 0 saturated carbocycles. The Labute approximate surface area is 453 Å². The zero-order chi connectivity index (χ0) is 53.5. The number of rotatable bonds is 56. The predicted molar refractivity (Wildman–Crippen MR) is 316 cm³/mol. The van der Waals surface area contributed by atoms with Crippen molar-refractivity contribution in [2.75, 3.05) is 40.9 Å². The van der Waals surface area contributed by atoms with Gasteiger partial charge in [0, 0.05) is 6.42 Å². The lowest BCUT2D eigenvalue weighted by Gasteiger charge is -2.29. The number of likely N-dealkylation sites (N-methyl/N-ethyl adjacent to an activating group) is 1. The van der Waals surface area contributed by atoms with Crippen LogP contribution in [0, 0.1) is 0 Å². The van der Waals surface area contributed by atoms with Crippen molar-refractivity contribution in [3.8, 4) is 0 Å². The average Bonchev–Trinajstić information content (AvgIpc) is 3.35. The molecule has 0 fully saturated rings. The lowest BCUT2D eigenvalue weighted by atomic mass is 10.0. The molecule has 0 aromatic carbocycles. The van der Waals surface area contributed by atoms with Gasteiger partial charge in [-0.2, -0.15) is 0 Å². The number of hydrogen-bond acceptors (Lipinski definition) is 6. The third-order valence-electron chi connectivity index (χ3n) is 13.6. The van der Waals surface area contributed by atoms with Crippen LogP contribution in [0.2, 0.25) is 0 Å². The summed E-state index contributed by atoms with van der Waals surface area (Å²) in [6.45, 7) is 4.63. The lowest BCUT2D eigenvalue weighted by molar-refractivity contribution is -0.870.